The molecular formula is C30H26N2O7S. The van der Waals surface area contributed by atoms with Crippen molar-refractivity contribution < 1.29 is 28.2 Å². The number of allylic oxidation sites excluding steroid dienone is 1. The number of hydrogen-bond acceptors (Lipinski definition) is 9. The second-order valence-corrected chi connectivity index (χ2v) is 9.79. The van der Waals surface area contributed by atoms with Crippen LogP contribution in [0.1, 0.15) is 41.6 Å². The van der Waals surface area contributed by atoms with E-state index < -0.39 is 18.0 Å². The van der Waals surface area contributed by atoms with Crippen LogP contribution >= 0.6 is 11.3 Å². The molecule has 3 heterocycles. The number of furan rings is 1. The molecule has 0 radical (unpaired) electrons. The van der Waals surface area contributed by atoms with Gasteiger partial charge in [-0.05, 0) is 38.1 Å². The highest BCUT2D eigenvalue weighted by Crippen LogP contribution is 2.35. The Morgan fingerprint density at radius 3 is 2.55 bits per heavy atom. The summed E-state index contributed by atoms with van der Waals surface area (Å²) in [7, 11) is 2.86. The van der Waals surface area contributed by atoms with E-state index in [1.54, 1.807) is 62.4 Å². The summed E-state index contributed by atoms with van der Waals surface area (Å²) in [5.41, 5.74) is 1.95. The Balaban J connectivity index is 1.65. The monoisotopic (exact) mass is 558 g/mol. The molecule has 0 saturated carbocycles. The zero-order valence-electron chi connectivity index (χ0n) is 22.3. The fraction of sp³-hybridized carbons (Fsp3) is 0.200. The second-order valence-electron chi connectivity index (χ2n) is 8.78. The molecular weight excluding hydrogens is 532 g/mol. The molecule has 0 saturated heterocycles. The summed E-state index contributed by atoms with van der Waals surface area (Å²) in [4.78, 5) is 44.2. The molecule has 2 aromatic heterocycles. The number of methoxy groups -OCH3 is 2. The van der Waals surface area contributed by atoms with Crippen LogP contribution in [-0.4, -0.2) is 37.3 Å². The van der Waals surface area contributed by atoms with Gasteiger partial charge in [-0.1, -0.05) is 47.7 Å². The van der Waals surface area contributed by atoms with E-state index >= 15 is 0 Å². The first-order valence-corrected chi connectivity index (χ1v) is 13.3. The van der Waals surface area contributed by atoms with Crippen molar-refractivity contribution in [3.63, 3.8) is 0 Å². The number of rotatable bonds is 7. The molecule has 0 unspecified atom stereocenters. The van der Waals surface area contributed by atoms with Crippen LogP contribution in [0.5, 0.6) is 5.75 Å². The first kappa shape index (κ1) is 26.9. The van der Waals surface area contributed by atoms with Crippen LogP contribution in [0.25, 0.3) is 17.4 Å². The van der Waals surface area contributed by atoms with Crippen molar-refractivity contribution in [3.8, 4) is 17.1 Å². The van der Waals surface area contributed by atoms with Gasteiger partial charge in [-0.15, -0.1) is 0 Å². The third-order valence-corrected chi connectivity index (χ3v) is 7.43. The fourth-order valence-corrected chi connectivity index (χ4v) is 5.70. The van der Waals surface area contributed by atoms with Crippen molar-refractivity contribution >= 4 is 29.4 Å². The van der Waals surface area contributed by atoms with Gasteiger partial charge in [0.25, 0.3) is 5.56 Å². The summed E-state index contributed by atoms with van der Waals surface area (Å²) in [5, 5.41) is 0. The average Bonchev–Trinajstić information content (AvgIpc) is 3.56. The molecule has 0 amide bonds. The maximum Gasteiger partial charge on any atom is 0.338 e. The summed E-state index contributed by atoms with van der Waals surface area (Å²) in [5.74, 6) is 0.362. The number of hydrogen-bond donors (Lipinski definition) is 0. The van der Waals surface area contributed by atoms with Gasteiger partial charge in [0.1, 0.15) is 23.3 Å². The molecule has 10 heteroatoms. The molecule has 2 aromatic carbocycles. The zero-order valence-corrected chi connectivity index (χ0v) is 23.1. The molecule has 1 atom stereocenters. The molecule has 204 valence electrons. The largest absolute Gasteiger partial charge is 0.496 e. The fourth-order valence-electron chi connectivity index (χ4n) is 4.67. The number of esters is 2. The minimum atomic E-state index is -0.798. The molecule has 5 rings (SSSR count). The van der Waals surface area contributed by atoms with Gasteiger partial charge < -0.3 is 18.6 Å². The molecule has 0 bridgehead atoms. The molecule has 1 aliphatic rings. The number of para-hydroxylation sites is 1. The average molecular weight is 559 g/mol. The number of aromatic nitrogens is 1. The van der Waals surface area contributed by atoms with Gasteiger partial charge in [-0.3, -0.25) is 9.36 Å². The molecule has 0 fully saturated rings. The van der Waals surface area contributed by atoms with Gasteiger partial charge in [0.2, 0.25) is 0 Å². The first-order chi connectivity index (χ1) is 19.4. The van der Waals surface area contributed by atoms with Gasteiger partial charge in [0.15, 0.2) is 4.80 Å². The van der Waals surface area contributed by atoms with Crippen LogP contribution in [0, 0.1) is 0 Å². The number of fused-ring (bicyclic) bond motifs is 1. The van der Waals surface area contributed by atoms with Gasteiger partial charge >= 0.3 is 11.9 Å². The molecule has 0 spiro atoms. The van der Waals surface area contributed by atoms with Gasteiger partial charge in [-0.2, -0.15) is 0 Å². The van der Waals surface area contributed by atoms with E-state index in [4.69, 9.17) is 18.6 Å². The van der Waals surface area contributed by atoms with Gasteiger partial charge in [-0.25, -0.2) is 14.6 Å². The highest BCUT2D eigenvalue weighted by atomic mass is 32.1. The van der Waals surface area contributed by atoms with Crippen molar-refractivity contribution in [2.24, 2.45) is 4.99 Å². The summed E-state index contributed by atoms with van der Waals surface area (Å²) in [6.45, 7) is 3.63. The number of carbonyl (C=O) groups is 2. The predicted octanol–water partition coefficient (Wildman–Crippen LogP) is 3.85. The molecule has 0 aliphatic carbocycles. The Kier molecular flexibility index (Phi) is 7.52. The lowest BCUT2D eigenvalue weighted by molar-refractivity contribution is -0.139. The lowest BCUT2D eigenvalue weighted by atomic mass is 9.95. The Morgan fingerprint density at radius 1 is 1.05 bits per heavy atom. The number of nitrogens with zero attached hydrogens (tertiary/aromatic N) is 2. The third kappa shape index (κ3) is 4.77. The van der Waals surface area contributed by atoms with Crippen molar-refractivity contribution in [2.45, 2.75) is 19.9 Å². The quantitative estimate of drug-likeness (QED) is 0.317. The maximum absolute atomic E-state index is 13.9. The second kappa shape index (κ2) is 11.2. The first-order valence-electron chi connectivity index (χ1n) is 12.5. The van der Waals surface area contributed by atoms with E-state index in [0.29, 0.717) is 49.0 Å². The van der Waals surface area contributed by atoms with Crippen LogP contribution in [-0.2, 0) is 14.3 Å². The Hall–Kier alpha value is -4.70. The van der Waals surface area contributed by atoms with Crippen molar-refractivity contribution in [3.05, 3.63) is 109 Å². The van der Waals surface area contributed by atoms with E-state index in [2.05, 4.69) is 4.99 Å². The van der Waals surface area contributed by atoms with Crippen LogP contribution in [0.3, 0.4) is 0 Å². The minimum absolute atomic E-state index is 0.179. The summed E-state index contributed by atoms with van der Waals surface area (Å²) in [6, 6.07) is 16.8. The Labute approximate surface area is 233 Å². The smallest absolute Gasteiger partial charge is 0.338 e. The summed E-state index contributed by atoms with van der Waals surface area (Å²) in [6.07, 6.45) is 1.62. The highest BCUT2D eigenvalue weighted by molar-refractivity contribution is 7.07. The van der Waals surface area contributed by atoms with Gasteiger partial charge in [0.05, 0.1) is 42.2 Å². The van der Waals surface area contributed by atoms with Crippen molar-refractivity contribution in [1.29, 1.82) is 0 Å². The molecule has 1 aliphatic heterocycles. The van der Waals surface area contributed by atoms with Crippen LogP contribution in [0.2, 0.25) is 0 Å². The topological polar surface area (TPSA) is 109 Å². The zero-order chi connectivity index (χ0) is 28.4. The molecule has 9 nitrogen and oxygen atoms in total. The van der Waals surface area contributed by atoms with E-state index in [0.717, 1.165) is 0 Å². The lowest BCUT2D eigenvalue weighted by Gasteiger charge is -2.25. The highest BCUT2D eigenvalue weighted by Gasteiger charge is 2.35. The summed E-state index contributed by atoms with van der Waals surface area (Å²) < 4.78 is 23.7. The van der Waals surface area contributed by atoms with E-state index in [9.17, 15) is 14.4 Å². The number of thiazole rings is 1. The van der Waals surface area contributed by atoms with E-state index in [1.807, 2.05) is 18.2 Å². The summed E-state index contributed by atoms with van der Waals surface area (Å²) >= 11 is 1.18. The van der Waals surface area contributed by atoms with Gasteiger partial charge in [0, 0.05) is 17.2 Å². The number of ether oxygens (including phenoxy) is 3. The molecule has 40 heavy (non-hydrogen) atoms. The number of benzene rings is 2. The van der Waals surface area contributed by atoms with Crippen LogP contribution in [0.15, 0.2) is 86.1 Å². The third-order valence-electron chi connectivity index (χ3n) is 6.45. The van der Waals surface area contributed by atoms with E-state index in [1.165, 1.54) is 30.1 Å². The Morgan fingerprint density at radius 2 is 1.80 bits per heavy atom. The SMILES string of the molecule is CCOC(=O)C1=C(C)N=c2s/c(=C/c3ccc(-c4ccccc4C(=O)OC)o3)c(=O)n2[C@H]1c1ccccc1OC. The van der Waals surface area contributed by atoms with Crippen LogP contribution in [0.4, 0.5) is 0 Å². The predicted molar refractivity (Wildman–Crippen MR) is 149 cm³/mol. The minimum Gasteiger partial charge on any atom is -0.496 e. The number of carbonyl (C=O) groups excluding carboxylic acids is 2. The van der Waals surface area contributed by atoms with Crippen molar-refractivity contribution in [1.82, 2.24) is 4.57 Å². The molecule has 0 N–H and O–H groups in total. The molecule has 4 aromatic rings. The van der Waals surface area contributed by atoms with Crippen molar-refractivity contribution in [2.75, 3.05) is 20.8 Å². The maximum atomic E-state index is 13.9. The standard InChI is InChI=1S/C30H26N2O7S/c1-5-38-29(35)25-17(2)31-30-32(26(25)21-12-8-9-13-22(21)36-3)27(33)24(40-30)16-18-14-15-23(39-18)19-10-6-7-11-20(19)28(34)37-4/h6-16,26H,5H2,1-4H3/b24-16+/t26-/m0/s1. The Bertz CT molecular complexity index is 1830. The van der Waals surface area contributed by atoms with Crippen LogP contribution < -0.4 is 19.6 Å². The lowest BCUT2D eigenvalue weighted by Crippen LogP contribution is -2.40. The normalized spacial score (nSPS) is 14.9. The van der Waals surface area contributed by atoms with E-state index in [-0.39, 0.29) is 17.7 Å².